The van der Waals surface area contributed by atoms with E-state index in [1.54, 1.807) is 13.0 Å². The van der Waals surface area contributed by atoms with Crippen molar-refractivity contribution in [3.63, 3.8) is 0 Å². The van der Waals surface area contributed by atoms with Gasteiger partial charge in [0.25, 0.3) is 6.47 Å². The first kappa shape index (κ1) is 18.2. The maximum absolute atomic E-state index is 12.1. The minimum Gasteiger partial charge on any atom is -0.471 e. The maximum Gasteiger partial charge on any atom is 0.332 e. The number of esters is 1. The molecule has 0 heterocycles. The average Bonchev–Trinajstić information content (AvgIpc) is 2.98. The van der Waals surface area contributed by atoms with E-state index in [1.807, 2.05) is 0 Å². The van der Waals surface area contributed by atoms with Gasteiger partial charge in [0.2, 0.25) is 5.91 Å². The molecule has 0 unspecified atom stereocenters. The number of amides is 1. The van der Waals surface area contributed by atoms with Gasteiger partial charge in [-0.1, -0.05) is 18.9 Å². The van der Waals surface area contributed by atoms with Gasteiger partial charge in [-0.25, -0.2) is 4.79 Å². The minimum absolute atomic E-state index is 0.00454. The Morgan fingerprint density at radius 2 is 1.95 bits per heavy atom. The van der Waals surface area contributed by atoms with E-state index in [9.17, 15) is 9.59 Å². The Labute approximate surface area is 131 Å². The molecule has 2 saturated carbocycles. The van der Waals surface area contributed by atoms with Crippen LogP contribution in [0.1, 0.15) is 39.0 Å². The first-order valence-electron chi connectivity index (χ1n) is 7.64. The molecule has 1 amide bonds. The highest BCUT2D eigenvalue weighted by molar-refractivity contribution is 5.92. The summed E-state index contributed by atoms with van der Waals surface area (Å²) in [6, 6.07) is 0. The molecule has 0 bridgehead atoms. The molecule has 0 aromatic heterocycles. The predicted molar refractivity (Wildman–Crippen MR) is 80.8 cm³/mol. The zero-order valence-electron chi connectivity index (χ0n) is 13.3. The van der Waals surface area contributed by atoms with Crippen LogP contribution in [0.5, 0.6) is 0 Å². The SMILES string of the molecule is C=C[C@@H]1C[C@]1(NC(=O)C1CCCC1)C(=O)OCC.COC=O. The van der Waals surface area contributed by atoms with Crippen molar-refractivity contribution in [1.82, 2.24) is 5.32 Å². The van der Waals surface area contributed by atoms with E-state index in [1.165, 1.54) is 7.11 Å². The molecule has 0 saturated heterocycles. The van der Waals surface area contributed by atoms with Crippen molar-refractivity contribution in [2.24, 2.45) is 11.8 Å². The molecule has 0 aromatic carbocycles. The highest BCUT2D eigenvalue weighted by Gasteiger charge is 2.61. The zero-order chi connectivity index (χ0) is 16.6. The van der Waals surface area contributed by atoms with Crippen molar-refractivity contribution in [2.45, 2.75) is 44.6 Å². The van der Waals surface area contributed by atoms with Crippen LogP contribution < -0.4 is 5.32 Å². The van der Waals surface area contributed by atoms with Gasteiger partial charge >= 0.3 is 5.97 Å². The monoisotopic (exact) mass is 311 g/mol. The third kappa shape index (κ3) is 4.32. The molecule has 1 N–H and O–H groups in total. The fourth-order valence-electron chi connectivity index (χ4n) is 2.77. The average molecular weight is 311 g/mol. The third-order valence-corrected chi connectivity index (χ3v) is 4.11. The predicted octanol–water partition coefficient (Wildman–Crippen LogP) is 1.59. The minimum atomic E-state index is -0.822. The van der Waals surface area contributed by atoms with E-state index >= 15 is 0 Å². The Balaban J connectivity index is 0.000000541. The van der Waals surface area contributed by atoms with Crippen molar-refractivity contribution in [2.75, 3.05) is 13.7 Å². The van der Waals surface area contributed by atoms with Crippen LogP contribution in [0.15, 0.2) is 12.7 Å². The van der Waals surface area contributed by atoms with Crippen molar-refractivity contribution >= 4 is 18.3 Å². The van der Waals surface area contributed by atoms with E-state index in [0.29, 0.717) is 19.5 Å². The number of nitrogens with one attached hydrogen (secondary N) is 1. The second-order valence-corrected chi connectivity index (χ2v) is 5.54. The van der Waals surface area contributed by atoms with Gasteiger partial charge in [0.15, 0.2) is 0 Å². The Hall–Kier alpha value is -1.85. The molecule has 22 heavy (non-hydrogen) atoms. The second-order valence-electron chi connectivity index (χ2n) is 5.54. The number of carbonyl (C=O) groups is 3. The van der Waals surface area contributed by atoms with Gasteiger partial charge in [0.05, 0.1) is 13.7 Å². The second kappa shape index (κ2) is 8.56. The van der Waals surface area contributed by atoms with E-state index in [2.05, 4.69) is 16.6 Å². The highest BCUT2D eigenvalue weighted by atomic mass is 16.5. The molecule has 2 atom stereocenters. The maximum atomic E-state index is 12.1. The Kier molecular flexibility index (Phi) is 7.08. The molecule has 2 rings (SSSR count). The van der Waals surface area contributed by atoms with E-state index < -0.39 is 5.54 Å². The lowest BCUT2D eigenvalue weighted by molar-refractivity contribution is -0.149. The first-order chi connectivity index (χ1) is 10.6. The number of rotatable bonds is 6. The summed E-state index contributed by atoms with van der Waals surface area (Å²) in [4.78, 5) is 33.0. The quantitative estimate of drug-likeness (QED) is 0.457. The van der Waals surface area contributed by atoms with Gasteiger partial charge in [-0.2, -0.15) is 0 Å². The first-order valence-corrected chi connectivity index (χ1v) is 7.64. The van der Waals surface area contributed by atoms with Crippen molar-refractivity contribution < 1.29 is 23.9 Å². The molecule has 0 spiro atoms. The smallest absolute Gasteiger partial charge is 0.332 e. The largest absolute Gasteiger partial charge is 0.471 e. The lowest BCUT2D eigenvalue weighted by Gasteiger charge is -2.19. The van der Waals surface area contributed by atoms with Gasteiger partial charge in [0.1, 0.15) is 5.54 Å². The van der Waals surface area contributed by atoms with Gasteiger partial charge in [-0.3, -0.25) is 9.59 Å². The molecular formula is C16H25NO5. The molecule has 124 valence electrons. The summed E-state index contributed by atoms with van der Waals surface area (Å²) in [7, 11) is 1.31. The number of carbonyl (C=O) groups excluding carboxylic acids is 3. The molecule has 2 fully saturated rings. The highest BCUT2D eigenvalue weighted by Crippen LogP contribution is 2.45. The number of hydrogen-bond acceptors (Lipinski definition) is 5. The van der Waals surface area contributed by atoms with Gasteiger partial charge in [0, 0.05) is 11.8 Å². The van der Waals surface area contributed by atoms with Crippen LogP contribution in [0.4, 0.5) is 0 Å². The zero-order valence-corrected chi connectivity index (χ0v) is 13.3. The molecule has 0 radical (unpaired) electrons. The Morgan fingerprint density at radius 3 is 2.36 bits per heavy atom. The fourth-order valence-corrected chi connectivity index (χ4v) is 2.77. The number of ether oxygens (including phenoxy) is 2. The summed E-state index contributed by atoms with van der Waals surface area (Å²) < 4.78 is 8.92. The van der Waals surface area contributed by atoms with Crippen molar-refractivity contribution in [1.29, 1.82) is 0 Å². The van der Waals surface area contributed by atoms with E-state index in [-0.39, 0.29) is 23.7 Å². The van der Waals surface area contributed by atoms with Crippen LogP contribution in [-0.4, -0.2) is 37.6 Å². The van der Waals surface area contributed by atoms with Crippen LogP contribution >= 0.6 is 0 Å². The van der Waals surface area contributed by atoms with Crippen molar-refractivity contribution in [3.05, 3.63) is 12.7 Å². The summed E-state index contributed by atoms with van der Waals surface area (Å²) in [5, 5.41) is 2.91. The summed E-state index contributed by atoms with van der Waals surface area (Å²) in [5.74, 6) is -0.226. The normalized spacial score (nSPS) is 26.2. The van der Waals surface area contributed by atoms with Gasteiger partial charge in [-0.15, -0.1) is 6.58 Å². The molecular weight excluding hydrogens is 286 g/mol. The summed E-state index contributed by atoms with van der Waals surface area (Å²) >= 11 is 0. The summed E-state index contributed by atoms with van der Waals surface area (Å²) in [5.41, 5.74) is -0.822. The molecule has 2 aliphatic rings. The Morgan fingerprint density at radius 1 is 1.36 bits per heavy atom. The Bertz CT molecular complexity index is 417. The molecule has 6 nitrogen and oxygen atoms in total. The molecule has 2 aliphatic carbocycles. The fraction of sp³-hybridized carbons (Fsp3) is 0.688. The van der Waals surface area contributed by atoms with Crippen LogP contribution in [-0.2, 0) is 23.9 Å². The van der Waals surface area contributed by atoms with Crippen LogP contribution in [0.3, 0.4) is 0 Å². The van der Waals surface area contributed by atoms with E-state index in [4.69, 9.17) is 9.53 Å². The molecule has 6 heteroatoms. The molecule has 0 aliphatic heterocycles. The molecule has 0 aromatic rings. The lowest BCUT2D eigenvalue weighted by atomic mass is 10.1. The van der Waals surface area contributed by atoms with Crippen LogP contribution in [0, 0.1) is 11.8 Å². The lowest BCUT2D eigenvalue weighted by Crippen LogP contribution is -2.47. The third-order valence-electron chi connectivity index (χ3n) is 4.11. The number of hydrogen-bond donors (Lipinski definition) is 1. The van der Waals surface area contributed by atoms with Gasteiger partial charge < -0.3 is 14.8 Å². The number of methoxy groups -OCH3 is 1. The van der Waals surface area contributed by atoms with Gasteiger partial charge in [-0.05, 0) is 26.2 Å². The van der Waals surface area contributed by atoms with E-state index in [0.717, 1.165) is 25.7 Å². The summed E-state index contributed by atoms with van der Waals surface area (Å²) in [6.45, 7) is 6.19. The van der Waals surface area contributed by atoms with Crippen molar-refractivity contribution in [3.8, 4) is 0 Å². The topological polar surface area (TPSA) is 81.7 Å². The standard InChI is InChI=1S/C14H21NO3.C2H4O2/c1-3-11-9-14(11,13(17)18-4-2)15-12(16)10-7-5-6-8-10;1-4-2-3/h3,10-11H,1,4-9H2,2H3,(H,15,16);2H,1H3/t11-,14-;/m1./s1. The summed E-state index contributed by atoms with van der Waals surface area (Å²) in [6.07, 6.45) is 6.43. The van der Waals surface area contributed by atoms with Crippen LogP contribution in [0.2, 0.25) is 0 Å². The van der Waals surface area contributed by atoms with Crippen LogP contribution in [0.25, 0.3) is 0 Å².